The van der Waals surface area contributed by atoms with Crippen LogP contribution >= 0.6 is 15.9 Å². The molecule has 0 amide bonds. The fourth-order valence-corrected chi connectivity index (χ4v) is 4.61. The number of esters is 1. The predicted octanol–water partition coefficient (Wildman–Crippen LogP) is 6.60. The molecule has 0 saturated heterocycles. The number of nitriles is 1. The van der Waals surface area contributed by atoms with Gasteiger partial charge in [0.05, 0.1) is 11.5 Å². The SMILES string of the molecule is N#CC1=C(N)Oc2cc(OC(=O)c3ccccc3Br)ccc2C1c1cccc(OCc2ccc(F)cc2)c1. The molecule has 8 heteroatoms. The minimum atomic E-state index is -0.531. The van der Waals surface area contributed by atoms with E-state index in [1.54, 1.807) is 60.7 Å². The molecule has 38 heavy (non-hydrogen) atoms. The van der Waals surface area contributed by atoms with E-state index in [9.17, 15) is 14.4 Å². The van der Waals surface area contributed by atoms with Gasteiger partial charge in [0.25, 0.3) is 0 Å². The molecule has 0 fully saturated rings. The van der Waals surface area contributed by atoms with E-state index in [4.69, 9.17) is 19.9 Å². The van der Waals surface area contributed by atoms with Gasteiger partial charge in [-0.3, -0.25) is 0 Å². The zero-order valence-electron chi connectivity index (χ0n) is 19.9. The smallest absolute Gasteiger partial charge is 0.344 e. The summed E-state index contributed by atoms with van der Waals surface area (Å²) in [4.78, 5) is 12.7. The molecule has 4 aromatic carbocycles. The second-order valence-corrected chi connectivity index (χ2v) is 9.34. The lowest BCUT2D eigenvalue weighted by Crippen LogP contribution is -2.21. The van der Waals surface area contributed by atoms with E-state index < -0.39 is 11.9 Å². The summed E-state index contributed by atoms with van der Waals surface area (Å²) in [5, 5.41) is 9.88. The van der Waals surface area contributed by atoms with Crippen molar-refractivity contribution in [2.75, 3.05) is 0 Å². The largest absolute Gasteiger partial charge is 0.489 e. The van der Waals surface area contributed by atoms with E-state index in [-0.39, 0.29) is 29.6 Å². The number of ether oxygens (including phenoxy) is 3. The number of nitrogens with two attached hydrogens (primary N) is 1. The maximum absolute atomic E-state index is 13.2. The van der Waals surface area contributed by atoms with Gasteiger partial charge in [-0.05, 0) is 69.5 Å². The van der Waals surface area contributed by atoms with E-state index in [2.05, 4.69) is 22.0 Å². The molecule has 4 aromatic rings. The summed E-state index contributed by atoms with van der Waals surface area (Å²) in [6.45, 7) is 0.253. The van der Waals surface area contributed by atoms with Crippen LogP contribution in [-0.4, -0.2) is 5.97 Å². The lowest BCUT2D eigenvalue weighted by atomic mass is 9.83. The van der Waals surface area contributed by atoms with Crippen molar-refractivity contribution in [1.82, 2.24) is 0 Å². The molecular weight excluding hydrogens is 551 g/mol. The highest BCUT2D eigenvalue weighted by molar-refractivity contribution is 9.10. The maximum Gasteiger partial charge on any atom is 0.344 e. The molecule has 0 spiro atoms. The van der Waals surface area contributed by atoms with Crippen LogP contribution in [0.1, 0.15) is 33.0 Å². The van der Waals surface area contributed by atoms with Crippen molar-refractivity contribution in [2.45, 2.75) is 12.5 Å². The fraction of sp³-hybridized carbons (Fsp3) is 0.0667. The summed E-state index contributed by atoms with van der Waals surface area (Å²) in [5.74, 6) is -0.169. The van der Waals surface area contributed by atoms with Crippen molar-refractivity contribution < 1.29 is 23.4 Å². The minimum Gasteiger partial charge on any atom is -0.489 e. The Kier molecular flexibility index (Phi) is 7.11. The molecule has 0 aliphatic carbocycles. The highest BCUT2D eigenvalue weighted by Crippen LogP contribution is 2.44. The quantitative estimate of drug-likeness (QED) is 0.207. The Labute approximate surface area is 226 Å². The first-order valence-corrected chi connectivity index (χ1v) is 12.4. The summed E-state index contributed by atoms with van der Waals surface area (Å²) in [6, 6.07) is 27.5. The van der Waals surface area contributed by atoms with Gasteiger partial charge in [-0.25, -0.2) is 9.18 Å². The van der Waals surface area contributed by atoms with E-state index >= 15 is 0 Å². The number of carbonyl (C=O) groups excluding carboxylic acids is 1. The van der Waals surface area contributed by atoms with Gasteiger partial charge in [-0.15, -0.1) is 0 Å². The summed E-state index contributed by atoms with van der Waals surface area (Å²) in [7, 11) is 0. The monoisotopic (exact) mass is 570 g/mol. The van der Waals surface area contributed by atoms with Gasteiger partial charge in [0.1, 0.15) is 41.3 Å². The molecule has 5 rings (SSSR count). The van der Waals surface area contributed by atoms with E-state index in [0.29, 0.717) is 27.1 Å². The number of allylic oxidation sites excluding steroid dienone is 1. The van der Waals surface area contributed by atoms with Crippen molar-refractivity contribution in [1.29, 1.82) is 5.26 Å². The van der Waals surface area contributed by atoms with Crippen LogP contribution in [0.15, 0.2) is 107 Å². The minimum absolute atomic E-state index is 0.0306. The van der Waals surface area contributed by atoms with E-state index in [1.807, 2.05) is 18.2 Å². The van der Waals surface area contributed by atoms with Crippen LogP contribution in [0.5, 0.6) is 17.2 Å². The molecule has 0 aromatic heterocycles. The van der Waals surface area contributed by atoms with Gasteiger partial charge in [-0.1, -0.05) is 42.5 Å². The van der Waals surface area contributed by atoms with Crippen LogP contribution < -0.4 is 19.9 Å². The van der Waals surface area contributed by atoms with Crippen molar-refractivity contribution in [2.24, 2.45) is 5.73 Å². The highest BCUT2D eigenvalue weighted by atomic mass is 79.9. The van der Waals surface area contributed by atoms with Crippen molar-refractivity contribution in [3.8, 4) is 23.3 Å². The highest BCUT2D eigenvalue weighted by Gasteiger charge is 2.31. The van der Waals surface area contributed by atoms with E-state index in [1.165, 1.54) is 12.1 Å². The lowest BCUT2D eigenvalue weighted by Gasteiger charge is -2.27. The zero-order chi connectivity index (χ0) is 26.6. The predicted molar refractivity (Wildman–Crippen MR) is 142 cm³/mol. The Balaban J connectivity index is 1.42. The first kappa shape index (κ1) is 25.1. The Hall–Kier alpha value is -4.61. The third kappa shape index (κ3) is 5.24. The first-order valence-electron chi connectivity index (χ1n) is 11.6. The number of hydrogen-bond acceptors (Lipinski definition) is 6. The fourth-order valence-electron chi connectivity index (χ4n) is 4.16. The number of nitrogens with zero attached hydrogens (tertiary/aromatic N) is 1. The third-order valence-corrected chi connectivity index (χ3v) is 6.70. The molecule has 1 unspecified atom stereocenters. The molecule has 188 valence electrons. The number of rotatable bonds is 6. The van der Waals surface area contributed by atoms with Gasteiger partial charge < -0.3 is 19.9 Å². The van der Waals surface area contributed by atoms with Gasteiger partial charge >= 0.3 is 5.97 Å². The van der Waals surface area contributed by atoms with Crippen molar-refractivity contribution in [3.05, 3.63) is 135 Å². The number of carbonyl (C=O) groups is 1. The molecule has 0 radical (unpaired) electrons. The number of fused-ring (bicyclic) bond motifs is 1. The van der Waals surface area contributed by atoms with Crippen LogP contribution in [0.2, 0.25) is 0 Å². The van der Waals surface area contributed by atoms with Crippen molar-refractivity contribution in [3.63, 3.8) is 0 Å². The van der Waals surface area contributed by atoms with Crippen LogP contribution in [0.4, 0.5) is 4.39 Å². The Morgan fingerprint density at radius 3 is 2.55 bits per heavy atom. The second kappa shape index (κ2) is 10.8. The maximum atomic E-state index is 13.2. The topological polar surface area (TPSA) is 94.6 Å². The molecule has 0 bridgehead atoms. The standard InChI is InChI=1S/C30H20BrFN2O4/c31-26-7-2-1-6-23(26)30(35)37-22-12-13-24-27(15-22)38-29(34)25(16-33)28(24)19-4-3-5-21(14-19)36-17-18-8-10-20(32)11-9-18/h1-15,28H,17,34H2. The molecule has 1 aliphatic rings. The van der Waals surface area contributed by atoms with Gasteiger partial charge in [0.15, 0.2) is 0 Å². The summed E-state index contributed by atoms with van der Waals surface area (Å²) < 4.78 is 31.0. The number of hydrogen-bond donors (Lipinski definition) is 1. The molecule has 1 heterocycles. The van der Waals surface area contributed by atoms with Gasteiger partial charge in [0, 0.05) is 16.1 Å². The van der Waals surface area contributed by atoms with Crippen LogP contribution in [0.3, 0.4) is 0 Å². The second-order valence-electron chi connectivity index (χ2n) is 8.48. The molecule has 1 aliphatic heterocycles. The van der Waals surface area contributed by atoms with E-state index in [0.717, 1.165) is 11.1 Å². The average Bonchev–Trinajstić information content (AvgIpc) is 2.92. The number of halogens is 2. The molecule has 1 atom stereocenters. The van der Waals surface area contributed by atoms with Gasteiger partial charge in [-0.2, -0.15) is 5.26 Å². The van der Waals surface area contributed by atoms with Crippen LogP contribution in [-0.2, 0) is 6.61 Å². The van der Waals surface area contributed by atoms with Gasteiger partial charge in [0.2, 0.25) is 5.88 Å². The van der Waals surface area contributed by atoms with Crippen LogP contribution in [0.25, 0.3) is 0 Å². The summed E-state index contributed by atoms with van der Waals surface area (Å²) in [5.41, 5.74) is 9.05. The zero-order valence-corrected chi connectivity index (χ0v) is 21.4. The molecular formula is C30H20BrFN2O4. The molecule has 0 saturated carbocycles. The number of benzene rings is 4. The van der Waals surface area contributed by atoms with Crippen LogP contribution in [0, 0.1) is 17.1 Å². The molecule has 6 nitrogen and oxygen atoms in total. The normalized spacial score (nSPS) is 14.2. The Morgan fingerprint density at radius 2 is 1.79 bits per heavy atom. The molecule has 2 N–H and O–H groups in total. The Morgan fingerprint density at radius 1 is 1.00 bits per heavy atom. The lowest BCUT2D eigenvalue weighted by molar-refractivity contribution is 0.0733. The van der Waals surface area contributed by atoms with Crippen molar-refractivity contribution >= 4 is 21.9 Å². The third-order valence-electron chi connectivity index (χ3n) is 6.01. The first-order chi connectivity index (χ1) is 18.4. The average molecular weight is 571 g/mol. The summed E-state index contributed by atoms with van der Waals surface area (Å²) in [6.07, 6.45) is 0. The Bertz CT molecular complexity index is 1590. The summed E-state index contributed by atoms with van der Waals surface area (Å²) >= 11 is 3.36.